The summed E-state index contributed by atoms with van der Waals surface area (Å²) in [5, 5.41) is 4.52. The maximum Gasteiger partial charge on any atom is 0.150 e. The van der Waals surface area contributed by atoms with Crippen molar-refractivity contribution in [1.82, 2.24) is 9.78 Å². The van der Waals surface area contributed by atoms with Gasteiger partial charge >= 0.3 is 0 Å². The van der Waals surface area contributed by atoms with Crippen LogP contribution in [0.25, 0.3) is 0 Å². The van der Waals surface area contributed by atoms with Crippen LogP contribution in [0.3, 0.4) is 0 Å². The zero-order valence-electron chi connectivity index (χ0n) is 10.1. The van der Waals surface area contributed by atoms with E-state index in [0.29, 0.717) is 0 Å². The van der Waals surface area contributed by atoms with Gasteiger partial charge in [-0.25, -0.2) is 0 Å². The topological polar surface area (TPSA) is 47.1 Å². The average molecular weight is 240 g/mol. The minimum Gasteiger partial charge on any atom is -0.394 e. The van der Waals surface area contributed by atoms with Gasteiger partial charge in [0, 0.05) is 31.6 Å². The number of nitrogens with zero attached hydrogens (tertiary/aromatic N) is 3. The van der Waals surface area contributed by atoms with Gasteiger partial charge in [0.15, 0.2) is 0 Å². The molecule has 0 unspecified atom stereocenters. The van der Waals surface area contributed by atoms with Crippen molar-refractivity contribution < 1.29 is 0 Å². The van der Waals surface area contributed by atoms with E-state index in [1.54, 1.807) is 0 Å². The summed E-state index contributed by atoms with van der Waals surface area (Å²) in [4.78, 5) is 2.36. The van der Waals surface area contributed by atoms with Crippen LogP contribution in [-0.4, -0.2) is 34.4 Å². The van der Waals surface area contributed by atoms with Crippen molar-refractivity contribution >= 4 is 23.3 Å². The summed E-state index contributed by atoms with van der Waals surface area (Å²) in [6.45, 7) is 4.32. The number of nitrogen functional groups attached to an aromatic ring is 1. The Bertz CT molecular complexity index is 355. The molecular weight excluding hydrogens is 220 g/mol. The number of nitrogens with two attached hydrogens (primary N) is 1. The highest BCUT2D eigenvalue weighted by atomic mass is 32.2. The van der Waals surface area contributed by atoms with Gasteiger partial charge in [0.2, 0.25) is 0 Å². The molecule has 0 aliphatic carbocycles. The standard InChI is InChI=1S/C11H20N4S/c1-3-4-9-10(12)11(14(2)13-9)15-5-7-16-8-6-15/h3-8,12H2,1-2H3. The molecule has 5 heteroatoms. The van der Waals surface area contributed by atoms with Crippen LogP contribution >= 0.6 is 11.8 Å². The van der Waals surface area contributed by atoms with Gasteiger partial charge in [0.25, 0.3) is 0 Å². The number of aryl methyl sites for hydroxylation is 2. The van der Waals surface area contributed by atoms with Gasteiger partial charge in [0.05, 0.1) is 11.4 Å². The molecule has 4 nitrogen and oxygen atoms in total. The van der Waals surface area contributed by atoms with Gasteiger partial charge < -0.3 is 10.6 Å². The van der Waals surface area contributed by atoms with E-state index in [-0.39, 0.29) is 0 Å². The predicted octanol–water partition coefficient (Wildman–Crippen LogP) is 1.51. The molecule has 1 aromatic heterocycles. The van der Waals surface area contributed by atoms with Gasteiger partial charge in [-0.2, -0.15) is 16.9 Å². The molecular formula is C11H20N4S. The lowest BCUT2D eigenvalue weighted by molar-refractivity contribution is 0.703. The smallest absolute Gasteiger partial charge is 0.150 e. The Balaban J connectivity index is 2.24. The van der Waals surface area contributed by atoms with Crippen molar-refractivity contribution in [3.8, 4) is 0 Å². The lowest BCUT2D eigenvalue weighted by atomic mass is 10.2. The number of hydrogen-bond donors (Lipinski definition) is 1. The average Bonchev–Trinajstić information content (AvgIpc) is 2.56. The van der Waals surface area contributed by atoms with Crippen LogP contribution in [0.5, 0.6) is 0 Å². The van der Waals surface area contributed by atoms with Crippen LogP contribution in [0.4, 0.5) is 11.5 Å². The first-order valence-electron chi connectivity index (χ1n) is 5.88. The van der Waals surface area contributed by atoms with E-state index in [0.717, 1.165) is 43.1 Å². The molecule has 1 aliphatic rings. The molecule has 1 aliphatic heterocycles. The van der Waals surface area contributed by atoms with Crippen LogP contribution in [0, 0.1) is 0 Å². The van der Waals surface area contributed by atoms with E-state index in [1.165, 1.54) is 11.5 Å². The van der Waals surface area contributed by atoms with Crippen molar-refractivity contribution in [3.63, 3.8) is 0 Å². The molecule has 90 valence electrons. The monoisotopic (exact) mass is 240 g/mol. The lowest BCUT2D eigenvalue weighted by Crippen LogP contribution is -2.34. The van der Waals surface area contributed by atoms with E-state index in [1.807, 2.05) is 23.5 Å². The molecule has 16 heavy (non-hydrogen) atoms. The van der Waals surface area contributed by atoms with Crippen molar-refractivity contribution in [2.45, 2.75) is 19.8 Å². The van der Waals surface area contributed by atoms with Gasteiger partial charge in [-0.1, -0.05) is 13.3 Å². The molecule has 0 spiro atoms. The molecule has 1 saturated heterocycles. The molecule has 0 radical (unpaired) electrons. The molecule has 0 aromatic carbocycles. The van der Waals surface area contributed by atoms with Crippen LogP contribution in [0.15, 0.2) is 0 Å². The minimum atomic E-state index is 0.885. The Morgan fingerprint density at radius 3 is 2.69 bits per heavy atom. The van der Waals surface area contributed by atoms with Crippen molar-refractivity contribution in [2.75, 3.05) is 35.2 Å². The fourth-order valence-corrected chi connectivity index (χ4v) is 3.06. The summed E-state index contributed by atoms with van der Waals surface area (Å²) in [6.07, 6.45) is 2.07. The second-order valence-corrected chi connectivity index (χ2v) is 5.38. The minimum absolute atomic E-state index is 0.885. The molecule has 0 bridgehead atoms. The Kier molecular flexibility index (Phi) is 3.63. The van der Waals surface area contributed by atoms with Gasteiger partial charge in [-0.05, 0) is 6.42 Å². The largest absolute Gasteiger partial charge is 0.394 e. The lowest BCUT2D eigenvalue weighted by Gasteiger charge is -2.28. The fraction of sp³-hybridized carbons (Fsp3) is 0.727. The van der Waals surface area contributed by atoms with Crippen LogP contribution in [0.2, 0.25) is 0 Å². The highest BCUT2D eigenvalue weighted by Crippen LogP contribution is 2.28. The van der Waals surface area contributed by atoms with Gasteiger partial charge in [0.1, 0.15) is 5.82 Å². The summed E-state index contributed by atoms with van der Waals surface area (Å²) in [5.41, 5.74) is 8.13. The predicted molar refractivity (Wildman–Crippen MR) is 71.2 cm³/mol. The Labute approximate surface area is 101 Å². The van der Waals surface area contributed by atoms with Crippen LogP contribution in [-0.2, 0) is 13.5 Å². The Morgan fingerprint density at radius 1 is 1.38 bits per heavy atom. The molecule has 2 N–H and O–H groups in total. The number of thioether (sulfide) groups is 1. The third kappa shape index (κ3) is 2.14. The SMILES string of the molecule is CCCc1nn(C)c(N2CCSCC2)c1N. The van der Waals surface area contributed by atoms with Crippen molar-refractivity contribution in [2.24, 2.45) is 7.05 Å². The highest BCUT2D eigenvalue weighted by molar-refractivity contribution is 7.99. The Hall–Kier alpha value is -0.840. The third-order valence-electron chi connectivity index (χ3n) is 2.93. The van der Waals surface area contributed by atoms with Gasteiger partial charge in [-0.15, -0.1) is 0 Å². The second-order valence-electron chi connectivity index (χ2n) is 4.16. The number of aromatic nitrogens is 2. The summed E-state index contributed by atoms with van der Waals surface area (Å²) in [7, 11) is 1.99. The number of anilines is 2. The first kappa shape index (κ1) is 11.6. The highest BCUT2D eigenvalue weighted by Gasteiger charge is 2.20. The zero-order valence-corrected chi connectivity index (χ0v) is 10.9. The maximum absolute atomic E-state index is 6.19. The van der Waals surface area contributed by atoms with Crippen LogP contribution < -0.4 is 10.6 Å². The van der Waals surface area contributed by atoms with E-state index in [9.17, 15) is 0 Å². The quantitative estimate of drug-likeness (QED) is 0.870. The van der Waals surface area contributed by atoms with Crippen LogP contribution in [0.1, 0.15) is 19.0 Å². The number of hydrogen-bond acceptors (Lipinski definition) is 4. The van der Waals surface area contributed by atoms with Crippen molar-refractivity contribution in [1.29, 1.82) is 0 Å². The molecule has 1 aromatic rings. The fourth-order valence-electron chi connectivity index (χ4n) is 2.16. The maximum atomic E-state index is 6.19. The summed E-state index contributed by atoms with van der Waals surface area (Å²) in [6, 6.07) is 0. The third-order valence-corrected chi connectivity index (χ3v) is 3.87. The first-order valence-corrected chi connectivity index (χ1v) is 7.03. The van der Waals surface area contributed by atoms with Crippen molar-refractivity contribution in [3.05, 3.63) is 5.69 Å². The summed E-state index contributed by atoms with van der Waals surface area (Å²) < 4.78 is 1.94. The zero-order chi connectivity index (χ0) is 11.5. The molecule has 2 rings (SSSR count). The molecule has 1 fully saturated rings. The molecule has 0 amide bonds. The normalized spacial score (nSPS) is 16.8. The Morgan fingerprint density at radius 2 is 2.06 bits per heavy atom. The van der Waals surface area contributed by atoms with Gasteiger partial charge in [-0.3, -0.25) is 4.68 Å². The number of rotatable bonds is 3. The summed E-state index contributed by atoms with van der Waals surface area (Å²) in [5.74, 6) is 3.49. The molecule has 0 saturated carbocycles. The second kappa shape index (κ2) is 4.99. The van der Waals surface area contributed by atoms with E-state index >= 15 is 0 Å². The summed E-state index contributed by atoms with van der Waals surface area (Å²) >= 11 is 2.01. The molecule has 0 atom stereocenters. The first-order chi connectivity index (χ1) is 7.74. The molecule has 2 heterocycles. The van der Waals surface area contributed by atoms with E-state index < -0.39 is 0 Å². The van der Waals surface area contributed by atoms with E-state index in [2.05, 4.69) is 16.9 Å². The van der Waals surface area contributed by atoms with E-state index in [4.69, 9.17) is 5.73 Å².